The van der Waals surface area contributed by atoms with E-state index in [1.807, 2.05) is 22.9 Å². The zero-order valence-electron chi connectivity index (χ0n) is 14.6. The van der Waals surface area contributed by atoms with Gasteiger partial charge in [0.05, 0.1) is 5.92 Å². The first-order chi connectivity index (χ1) is 11.5. The molecular weight excluding hydrogens is 300 g/mol. The molecule has 4 rings (SSSR count). The third-order valence-electron chi connectivity index (χ3n) is 6.13. The summed E-state index contributed by atoms with van der Waals surface area (Å²) in [6.45, 7) is 2.66. The lowest BCUT2D eigenvalue weighted by molar-refractivity contribution is -0.136. The Bertz CT molecular complexity index is 680. The lowest BCUT2D eigenvalue weighted by atomic mass is 10.1. The van der Waals surface area contributed by atoms with Crippen LogP contribution in [-0.2, 0) is 22.4 Å². The van der Waals surface area contributed by atoms with Crippen LogP contribution in [-0.4, -0.2) is 36.3 Å². The Labute approximate surface area is 143 Å². The zero-order chi connectivity index (χ0) is 16.8. The van der Waals surface area contributed by atoms with Crippen molar-refractivity contribution in [1.82, 2.24) is 4.90 Å². The Balaban J connectivity index is 1.47. The van der Waals surface area contributed by atoms with Crippen molar-refractivity contribution in [2.45, 2.75) is 51.5 Å². The molecule has 4 heteroatoms. The van der Waals surface area contributed by atoms with E-state index in [-0.39, 0.29) is 17.7 Å². The number of fused-ring (bicyclic) bond motifs is 1. The minimum atomic E-state index is -0.197. The monoisotopic (exact) mass is 326 g/mol. The van der Waals surface area contributed by atoms with E-state index in [1.165, 1.54) is 30.4 Å². The van der Waals surface area contributed by atoms with Crippen LogP contribution in [0.5, 0.6) is 0 Å². The van der Waals surface area contributed by atoms with E-state index in [0.717, 1.165) is 18.5 Å². The Morgan fingerprint density at radius 3 is 2.75 bits per heavy atom. The van der Waals surface area contributed by atoms with Crippen LogP contribution in [0.1, 0.15) is 43.7 Å². The Kier molecular flexibility index (Phi) is 3.86. The van der Waals surface area contributed by atoms with E-state index in [9.17, 15) is 9.59 Å². The summed E-state index contributed by atoms with van der Waals surface area (Å²) in [6, 6.07) is 6.65. The van der Waals surface area contributed by atoms with Crippen molar-refractivity contribution in [3.63, 3.8) is 0 Å². The summed E-state index contributed by atoms with van der Waals surface area (Å²) in [5.41, 5.74) is 3.75. The predicted molar refractivity (Wildman–Crippen MR) is 93.9 cm³/mol. The first-order valence-electron chi connectivity index (χ1n) is 9.23. The quantitative estimate of drug-likeness (QED) is 0.854. The van der Waals surface area contributed by atoms with Crippen LogP contribution < -0.4 is 4.90 Å². The van der Waals surface area contributed by atoms with E-state index in [1.54, 1.807) is 0 Å². The van der Waals surface area contributed by atoms with Gasteiger partial charge in [-0.3, -0.25) is 9.59 Å². The molecule has 128 valence electrons. The van der Waals surface area contributed by atoms with E-state index >= 15 is 0 Å². The van der Waals surface area contributed by atoms with Gasteiger partial charge in [0.1, 0.15) is 0 Å². The average molecular weight is 326 g/mol. The molecule has 1 saturated heterocycles. The standard InChI is InChI=1S/C20H26N2O2/c1-13(14-6-7-14)21(2)20(24)17-11-19(23)22(12-17)18-9-8-15-4-3-5-16(15)10-18/h8-10,13-14,17H,3-7,11-12H2,1-2H3. The number of anilines is 1. The molecule has 24 heavy (non-hydrogen) atoms. The van der Waals surface area contributed by atoms with Crippen LogP contribution in [0.4, 0.5) is 5.69 Å². The first kappa shape index (κ1) is 15.7. The maximum Gasteiger partial charge on any atom is 0.228 e. The number of hydrogen-bond acceptors (Lipinski definition) is 2. The minimum Gasteiger partial charge on any atom is -0.342 e. The van der Waals surface area contributed by atoms with E-state index < -0.39 is 0 Å². The van der Waals surface area contributed by atoms with Gasteiger partial charge in [-0.1, -0.05) is 6.07 Å². The van der Waals surface area contributed by atoms with Crippen molar-refractivity contribution in [1.29, 1.82) is 0 Å². The van der Waals surface area contributed by atoms with E-state index in [2.05, 4.69) is 19.1 Å². The molecule has 1 aliphatic heterocycles. The van der Waals surface area contributed by atoms with Crippen molar-refractivity contribution in [3.05, 3.63) is 29.3 Å². The zero-order valence-corrected chi connectivity index (χ0v) is 14.6. The lowest BCUT2D eigenvalue weighted by Gasteiger charge is -2.27. The molecule has 4 nitrogen and oxygen atoms in total. The summed E-state index contributed by atoms with van der Waals surface area (Å²) < 4.78 is 0. The van der Waals surface area contributed by atoms with Gasteiger partial charge in [0, 0.05) is 31.7 Å². The third kappa shape index (κ3) is 2.72. The molecule has 0 N–H and O–H groups in total. The number of carbonyl (C=O) groups is 2. The topological polar surface area (TPSA) is 40.6 Å². The Morgan fingerprint density at radius 2 is 2.00 bits per heavy atom. The summed E-state index contributed by atoms with van der Waals surface area (Å²) in [4.78, 5) is 29.0. The molecule has 0 aromatic heterocycles. The van der Waals surface area contributed by atoms with Crippen molar-refractivity contribution in [2.75, 3.05) is 18.5 Å². The molecule has 2 atom stereocenters. The number of rotatable bonds is 4. The highest BCUT2D eigenvalue weighted by Crippen LogP contribution is 2.36. The summed E-state index contributed by atoms with van der Waals surface area (Å²) >= 11 is 0. The van der Waals surface area contributed by atoms with Gasteiger partial charge in [-0.15, -0.1) is 0 Å². The van der Waals surface area contributed by atoms with Crippen LogP contribution in [0.15, 0.2) is 18.2 Å². The fourth-order valence-electron chi connectivity index (χ4n) is 4.23. The fraction of sp³-hybridized carbons (Fsp3) is 0.600. The molecule has 0 radical (unpaired) electrons. The molecule has 2 amide bonds. The molecule has 2 aliphatic carbocycles. The molecular formula is C20H26N2O2. The maximum absolute atomic E-state index is 12.8. The second-order valence-electron chi connectivity index (χ2n) is 7.74. The van der Waals surface area contributed by atoms with Crippen LogP contribution in [0, 0.1) is 11.8 Å². The lowest BCUT2D eigenvalue weighted by Crippen LogP contribution is -2.41. The summed E-state index contributed by atoms with van der Waals surface area (Å²) in [5, 5.41) is 0. The van der Waals surface area contributed by atoms with Crippen LogP contribution in [0.3, 0.4) is 0 Å². The number of carbonyl (C=O) groups excluding carboxylic acids is 2. The molecule has 0 bridgehead atoms. The third-order valence-corrected chi connectivity index (χ3v) is 6.13. The highest BCUT2D eigenvalue weighted by atomic mass is 16.2. The number of benzene rings is 1. The van der Waals surface area contributed by atoms with Crippen LogP contribution in [0.2, 0.25) is 0 Å². The number of hydrogen-bond donors (Lipinski definition) is 0. The number of amides is 2. The summed E-state index contributed by atoms with van der Waals surface area (Å²) in [5.74, 6) is 0.672. The largest absolute Gasteiger partial charge is 0.342 e. The highest BCUT2D eigenvalue weighted by molar-refractivity contribution is 6.00. The van der Waals surface area contributed by atoms with Crippen molar-refractivity contribution in [2.24, 2.45) is 11.8 Å². The van der Waals surface area contributed by atoms with Gasteiger partial charge in [0.2, 0.25) is 11.8 Å². The van der Waals surface area contributed by atoms with Gasteiger partial charge in [-0.05, 0) is 68.2 Å². The first-order valence-corrected chi connectivity index (χ1v) is 9.23. The highest BCUT2D eigenvalue weighted by Gasteiger charge is 2.40. The van der Waals surface area contributed by atoms with Gasteiger partial charge < -0.3 is 9.80 Å². The number of aryl methyl sites for hydroxylation is 2. The van der Waals surface area contributed by atoms with Crippen molar-refractivity contribution in [3.8, 4) is 0 Å². The van der Waals surface area contributed by atoms with Crippen molar-refractivity contribution < 1.29 is 9.59 Å². The van der Waals surface area contributed by atoms with Gasteiger partial charge in [0.25, 0.3) is 0 Å². The van der Waals surface area contributed by atoms with Gasteiger partial charge in [0.15, 0.2) is 0 Å². The summed E-state index contributed by atoms with van der Waals surface area (Å²) in [6.07, 6.45) is 6.26. The smallest absolute Gasteiger partial charge is 0.228 e. The molecule has 0 spiro atoms. The predicted octanol–water partition coefficient (Wildman–Crippen LogP) is 2.79. The average Bonchev–Trinajstić information content (AvgIpc) is 3.20. The Morgan fingerprint density at radius 1 is 1.25 bits per heavy atom. The second kappa shape index (κ2) is 5.91. The maximum atomic E-state index is 12.8. The Hall–Kier alpha value is -1.84. The van der Waals surface area contributed by atoms with Crippen LogP contribution in [0.25, 0.3) is 0 Å². The minimum absolute atomic E-state index is 0.0822. The molecule has 1 saturated carbocycles. The molecule has 1 aromatic rings. The SMILES string of the molecule is CC(C1CC1)N(C)C(=O)C1CC(=O)N(c2ccc3c(c2)CCC3)C1. The van der Waals surface area contributed by atoms with Crippen molar-refractivity contribution >= 4 is 17.5 Å². The fourth-order valence-corrected chi connectivity index (χ4v) is 4.23. The molecule has 2 unspecified atom stereocenters. The molecule has 1 aromatic carbocycles. The van der Waals surface area contributed by atoms with E-state index in [4.69, 9.17) is 0 Å². The summed E-state index contributed by atoms with van der Waals surface area (Å²) in [7, 11) is 1.90. The second-order valence-corrected chi connectivity index (χ2v) is 7.74. The van der Waals surface area contributed by atoms with E-state index in [0.29, 0.717) is 24.9 Å². The molecule has 2 fully saturated rings. The van der Waals surface area contributed by atoms with Gasteiger partial charge in [-0.25, -0.2) is 0 Å². The molecule has 1 heterocycles. The van der Waals surface area contributed by atoms with Gasteiger partial charge in [-0.2, -0.15) is 0 Å². The number of nitrogens with zero attached hydrogens (tertiary/aromatic N) is 2. The molecule has 3 aliphatic rings. The normalized spacial score (nSPS) is 24.2. The van der Waals surface area contributed by atoms with Gasteiger partial charge >= 0.3 is 0 Å². The van der Waals surface area contributed by atoms with Crippen LogP contribution >= 0.6 is 0 Å².